The lowest BCUT2D eigenvalue weighted by molar-refractivity contribution is -0.127. The number of hydrogen-bond donors (Lipinski definition) is 2. The third kappa shape index (κ3) is 4.24. The number of hydrogen-bond acceptors (Lipinski definition) is 7. The number of likely N-dealkylation sites (tertiary alicyclic amines) is 1. The van der Waals surface area contributed by atoms with Crippen molar-refractivity contribution >= 4 is 28.5 Å². The Labute approximate surface area is 207 Å². The van der Waals surface area contributed by atoms with E-state index in [4.69, 9.17) is 21.3 Å². The Kier molecular flexibility index (Phi) is 6.07. The summed E-state index contributed by atoms with van der Waals surface area (Å²) in [5.74, 6) is 0.781. The van der Waals surface area contributed by atoms with Crippen LogP contribution in [0.25, 0.3) is 22.2 Å². The van der Waals surface area contributed by atoms with Gasteiger partial charge in [-0.1, -0.05) is 6.58 Å². The average Bonchev–Trinajstić information content (AvgIpc) is 3.31. The zero-order valence-electron chi connectivity index (χ0n) is 19.5. The van der Waals surface area contributed by atoms with Crippen LogP contribution in [0.1, 0.15) is 29.2 Å². The molecule has 1 fully saturated rings. The molecule has 1 saturated heterocycles. The van der Waals surface area contributed by atoms with Gasteiger partial charge in [-0.25, -0.2) is 4.98 Å². The summed E-state index contributed by atoms with van der Waals surface area (Å²) in [6.07, 6.45) is 7.56. The molecular formula is C26H25N7O3. The molecular weight excluding hydrogens is 458 g/mol. The van der Waals surface area contributed by atoms with E-state index in [0.29, 0.717) is 41.2 Å². The largest absolute Gasteiger partial charge is 0.457 e. The number of piperidine rings is 1. The van der Waals surface area contributed by atoms with Crippen molar-refractivity contribution in [1.29, 1.82) is 0 Å². The maximum Gasteiger partial charge on any atom is 0.252 e. The minimum atomic E-state index is -0.629. The van der Waals surface area contributed by atoms with Gasteiger partial charge in [0.25, 0.3) is 5.91 Å². The number of carbonyl (C=O) groups is 2. The maximum atomic E-state index is 12.3. The second kappa shape index (κ2) is 9.49. The van der Waals surface area contributed by atoms with Gasteiger partial charge < -0.3 is 21.1 Å². The fraction of sp³-hybridized carbons (Fsp3) is 0.192. The number of nitrogens with zero attached hydrogens (tertiary/aromatic N) is 5. The highest BCUT2D eigenvalue weighted by Crippen LogP contribution is 2.37. The summed E-state index contributed by atoms with van der Waals surface area (Å²) in [7, 11) is 0. The van der Waals surface area contributed by atoms with Crippen molar-refractivity contribution in [2.45, 2.75) is 18.9 Å². The second-order valence-electron chi connectivity index (χ2n) is 8.53. The molecule has 2 amide bonds. The first kappa shape index (κ1) is 23.0. The number of aromatic nitrogens is 4. The van der Waals surface area contributed by atoms with Gasteiger partial charge >= 0.3 is 0 Å². The first-order valence-electron chi connectivity index (χ1n) is 11.5. The summed E-state index contributed by atoms with van der Waals surface area (Å²) in [5.41, 5.74) is 14.1. The number of nitrogens with two attached hydrogens (primary N) is 2. The molecule has 1 aromatic carbocycles. The van der Waals surface area contributed by atoms with Gasteiger partial charge in [-0.05, 0) is 55.3 Å². The molecule has 0 bridgehead atoms. The summed E-state index contributed by atoms with van der Waals surface area (Å²) >= 11 is 0. The van der Waals surface area contributed by atoms with Crippen molar-refractivity contribution in [1.82, 2.24) is 24.6 Å². The van der Waals surface area contributed by atoms with Gasteiger partial charge in [0.05, 0.1) is 22.5 Å². The molecule has 5 rings (SSSR count). The molecule has 0 radical (unpaired) electrons. The van der Waals surface area contributed by atoms with Crippen LogP contribution in [-0.4, -0.2) is 49.6 Å². The molecule has 4 N–H and O–H groups in total. The predicted octanol–water partition coefficient (Wildman–Crippen LogP) is 3.32. The monoisotopic (exact) mass is 483 g/mol. The smallest absolute Gasteiger partial charge is 0.252 e. The van der Waals surface area contributed by atoms with Gasteiger partial charge in [0.2, 0.25) is 5.91 Å². The lowest BCUT2D eigenvalue weighted by Crippen LogP contribution is -2.40. The van der Waals surface area contributed by atoms with E-state index in [1.165, 1.54) is 12.3 Å². The van der Waals surface area contributed by atoms with Crippen molar-refractivity contribution < 1.29 is 14.3 Å². The summed E-state index contributed by atoms with van der Waals surface area (Å²) in [6.45, 7) is 4.67. The fourth-order valence-corrected chi connectivity index (χ4v) is 4.55. The number of primary amides is 1. The lowest BCUT2D eigenvalue weighted by atomic mass is 10.0. The third-order valence-corrected chi connectivity index (χ3v) is 6.26. The topological polar surface area (TPSA) is 142 Å². The zero-order valence-corrected chi connectivity index (χ0v) is 19.5. The number of ether oxygens (including phenoxy) is 1. The molecule has 0 unspecified atom stereocenters. The molecule has 0 aliphatic carbocycles. The van der Waals surface area contributed by atoms with Crippen LogP contribution in [0.4, 0.5) is 5.82 Å². The minimum Gasteiger partial charge on any atom is -0.457 e. The number of carbonyl (C=O) groups excluding carboxylic acids is 2. The number of fused-ring (bicyclic) bond motifs is 1. The van der Waals surface area contributed by atoms with Gasteiger partial charge in [0.15, 0.2) is 0 Å². The van der Waals surface area contributed by atoms with Crippen LogP contribution < -0.4 is 16.2 Å². The third-order valence-electron chi connectivity index (χ3n) is 6.26. The Bertz CT molecular complexity index is 1450. The number of amides is 2. The molecule has 36 heavy (non-hydrogen) atoms. The number of anilines is 1. The van der Waals surface area contributed by atoms with Crippen LogP contribution in [0.2, 0.25) is 0 Å². The van der Waals surface area contributed by atoms with E-state index in [1.807, 2.05) is 24.3 Å². The van der Waals surface area contributed by atoms with Gasteiger partial charge in [-0.15, -0.1) is 0 Å². The number of benzene rings is 1. The van der Waals surface area contributed by atoms with E-state index in [9.17, 15) is 9.59 Å². The van der Waals surface area contributed by atoms with E-state index < -0.39 is 5.91 Å². The quantitative estimate of drug-likeness (QED) is 0.401. The summed E-state index contributed by atoms with van der Waals surface area (Å²) in [5, 5.41) is 5.44. The average molecular weight is 484 g/mol. The van der Waals surface area contributed by atoms with E-state index in [0.717, 1.165) is 18.4 Å². The Morgan fingerprint density at radius 3 is 2.53 bits per heavy atom. The maximum absolute atomic E-state index is 12.3. The van der Waals surface area contributed by atoms with Crippen molar-refractivity contribution in [2.75, 3.05) is 18.8 Å². The van der Waals surface area contributed by atoms with Gasteiger partial charge in [0, 0.05) is 37.2 Å². The van der Waals surface area contributed by atoms with Gasteiger partial charge in [-0.2, -0.15) is 5.10 Å². The molecule has 0 saturated carbocycles. The Morgan fingerprint density at radius 2 is 1.83 bits per heavy atom. The van der Waals surface area contributed by atoms with Crippen LogP contribution in [0.15, 0.2) is 67.6 Å². The number of nitrogen functional groups attached to an aromatic ring is 1. The molecule has 10 heteroatoms. The van der Waals surface area contributed by atoms with Gasteiger partial charge in [-0.3, -0.25) is 19.3 Å². The molecule has 1 aliphatic heterocycles. The van der Waals surface area contributed by atoms with E-state index in [2.05, 4.69) is 16.5 Å². The molecule has 1 aliphatic rings. The molecule has 4 heterocycles. The Morgan fingerprint density at radius 1 is 1.11 bits per heavy atom. The molecule has 182 valence electrons. The van der Waals surface area contributed by atoms with Crippen molar-refractivity contribution in [3.63, 3.8) is 0 Å². The molecule has 3 aromatic heterocycles. The van der Waals surface area contributed by atoms with Crippen LogP contribution in [0.5, 0.6) is 11.5 Å². The highest BCUT2D eigenvalue weighted by Gasteiger charge is 2.29. The van der Waals surface area contributed by atoms with E-state index in [1.54, 1.807) is 34.1 Å². The number of pyridine rings is 2. The fourth-order valence-electron chi connectivity index (χ4n) is 4.55. The van der Waals surface area contributed by atoms with E-state index in [-0.39, 0.29) is 23.3 Å². The molecule has 4 aromatic rings. The van der Waals surface area contributed by atoms with Crippen molar-refractivity contribution in [2.24, 2.45) is 5.73 Å². The van der Waals surface area contributed by atoms with Crippen LogP contribution in [0, 0.1) is 0 Å². The van der Waals surface area contributed by atoms with Gasteiger partial charge in [0.1, 0.15) is 23.0 Å². The summed E-state index contributed by atoms with van der Waals surface area (Å²) in [4.78, 5) is 34.6. The summed E-state index contributed by atoms with van der Waals surface area (Å²) < 4.78 is 7.64. The Balaban J connectivity index is 1.59. The van der Waals surface area contributed by atoms with E-state index >= 15 is 0 Å². The minimum absolute atomic E-state index is 0.141. The Hall–Kier alpha value is -4.73. The van der Waals surface area contributed by atoms with Crippen molar-refractivity contribution in [3.05, 3.63) is 73.2 Å². The normalized spacial score (nSPS) is 15.6. The molecule has 0 spiro atoms. The SMILES string of the molecule is C=CC(=O)N1CCC[C@@H](n2nc(-c3ccc(Oc4ccncc4)cc3)c3c(N)ncc(C(N)=O)c32)C1. The van der Waals surface area contributed by atoms with Crippen LogP contribution in [-0.2, 0) is 4.79 Å². The highest BCUT2D eigenvalue weighted by atomic mass is 16.5. The first-order chi connectivity index (χ1) is 17.5. The standard InChI is InChI=1S/C26H25N7O3/c1-2-21(34)32-13-3-4-17(15-32)33-24-20(26(28)35)14-30-25(27)22(24)23(31-33)16-5-7-18(8-6-16)36-19-9-11-29-12-10-19/h2,5-12,14,17H,1,3-4,13,15H2,(H2,27,30)(H2,28,35)/t17-/m1/s1. The molecule has 1 atom stereocenters. The summed E-state index contributed by atoms with van der Waals surface area (Å²) in [6, 6.07) is 10.8. The second-order valence-corrected chi connectivity index (χ2v) is 8.53. The van der Waals surface area contributed by atoms with Crippen molar-refractivity contribution in [3.8, 4) is 22.8 Å². The zero-order chi connectivity index (χ0) is 25.2. The van der Waals surface area contributed by atoms with Crippen LogP contribution >= 0.6 is 0 Å². The molecule has 10 nitrogen and oxygen atoms in total. The first-order valence-corrected chi connectivity index (χ1v) is 11.5. The van der Waals surface area contributed by atoms with Crippen LogP contribution in [0.3, 0.4) is 0 Å². The predicted molar refractivity (Wildman–Crippen MR) is 135 cm³/mol. The highest BCUT2D eigenvalue weighted by molar-refractivity contribution is 6.11. The lowest BCUT2D eigenvalue weighted by Gasteiger charge is -2.32. The number of rotatable bonds is 6.